The summed E-state index contributed by atoms with van der Waals surface area (Å²) in [6.07, 6.45) is -18.3. The van der Waals surface area contributed by atoms with Gasteiger partial charge in [0.05, 0.1) is 25.1 Å². The number of aliphatic hydroxyl groups is 9. The van der Waals surface area contributed by atoms with Crippen molar-refractivity contribution in [3.63, 3.8) is 0 Å². The first-order chi connectivity index (χ1) is 19.1. The molecule has 0 amide bonds. The molecule has 0 spiro atoms. The van der Waals surface area contributed by atoms with Crippen molar-refractivity contribution >= 4 is 18.6 Å². The lowest BCUT2D eigenvalue weighted by molar-refractivity contribution is -0.423. The summed E-state index contributed by atoms with van der Waals surface area (Å²) in [5, 5.41) is 99.2. The number of guanidine groups is 1. The molecule has 20 nitrogen and oxygen atoms in total. The Morgan fingerprint density at radius 3 is 2.17 bits per heavy atom. The third-order valence-corrected chi connectivity index (χ3v) is 7.57. The summed E-state index contributed by atoms with van der Waals surface area (Å²) >= 11 is 0. The number of ether oxygens (including phenoxy) is 4. The van der Waals surface area contributed by atoms with E-state index in [9.17, 15) is 50.8 Å². The number of nitrogens with one attached hydrogen (secondary N) is 1. The molecule has 41 heavy (non-hydrogen) atoms. The Balaban J connectivity index is 2.07. The Morgan fingerprint density at radius 2 is 1.66 bits per heavy atom. The molecule has 2 heterocycles. The van der Waals surface area contributed by atoms with Crippen LogP contribution in [0.25, 0.3) is 0 Å². The number of aliphatic imine (C=N–C) groups is 2. The van der Waals surface area contributed by atoms with Crippen LogP contribution in [0.2, 0.25) is 0 Å². The molecule has 3 rings (SSSR count). The second-order valence-corrected chi connectivity index (χ2v) is 9.98. The molecule has 0 radical (unpaired) electrons. The van der Waals surface area contributed by atoms with Crippen molar-refractivity contribution in [2.45, 2.75) is 97.5 Å². The Bertz CT molecular complexity index is 992. The topological polar surface area (TPSA) is 351 Å². The van der Waals surface area contributed by atoms with Crippen LogP contribution >= 0.6 is 0 Å². The van der Waals surface area contributed by atoms with Crippen molar-refractivity contribution in [1.29, 1.82) is 0 Å². The standard InChI is InChI=1S/C21H38N6O14/c1-6-19(35,4-29)15(40-16-9(25-2)11(31)10(30)7(3-28)39-16)17(38-6)41-21(37)14(34)12(32)8(26-5-22)13(33)20(21,36)27-18(23)24/h4-17,25,28,30-37H,3H2,1-2H3,(H2,22,26)(H4,23,24,27)/t6-,7-,8+,9-,10-,11-,12-,13+,14+,15-,16-,17-,19+,20-,21+/m0/s1. The lowest BCUT2D eigenvalue weighted by Crippen LogP contribution is -2.78. The first kappa shape index (κ1) is 33.4. The Kier molecular flexibility index (Phi) is 9.94. The third kappa shape index (κ3) is 5.41. The minimum absolute atomic E-state index is 0.0109. The van der Waals surface area contributed by atoms with E-state index in [4.69, 9.17) is 36.1 Å². The molecular formula is C21H38N6O14. The summed E-state index contributed by atoms with van der Waals surface area (Å²) < 4.78 is 22.2. The summed E-state index contributed by atoms with van der Waals surface area (Å²) in [5.41, 5.74) is 9.99. The minimum Gasteiger partial charge on any atom is -0.394 e. The van der Waals surface area contributed by atoms with E-state index in [-0.39, 0.29) is 6.29 Å². The summed E-state index contributed by atoms with van der Waals surface area (Å²) in [6, 6.07) is -3.04. The second kappa shape index (κ2) is 12.2. The summed E-state index contributed by atoms with van der Waals surface area (Å²) in [6.45, 7) is 0.420. The minimum atomic E-state index is -3.56. The van der Waals surface area contributed by atoms with Crippen LogP contribution in [0.5, 0.6) is 0 Å². The van der Waals surface area contributed by atoms with Crippen LogP contribution in [-0.4, -0.2) is 169 Å². The first-order valence-electron chi connectivity index (χ1n) is 12.4. The largest absolute Gasteiger partial charge is 0.394 e. The van der Waals surface area contributed by atoms with Crippen molar-refractivity contribution in [2.24, 2.45) is 27.2 Å². The fraction of sp³-hybridized carbons (Fsp3) is 0.857. The normalized spacial score (nSPS) is 50.6. The van der Waals surface area contributed by atoms with E-state index >= 15 is 0 Å². The van der Waals surface area contributed by atoms with Crippen LogP contribution in [0.3, 0.4) is 0 Å². The van der Waals surface area contributed by atoms with Gasteiger partial charge in [0, 0.05) is 0 Å². The van der Waals surface area contributed by atoms with Gasteiger partial charge in [-0.3, -0.25) is 9.79 Å². The average Bonchev–Trinajstić information content (AvgIpc) is 3.15. The molecule has 20 heteroatoms. The summed E-state index contributed by atoms with van der Waals surface area (Å²) in [5.74, 6) is -4.49. The Morgan fingerprint density at radius 1 is 1.02 bits per heavy atom. The van der Waals surface area contributed by atoms with Gasteiger partial charge in [-0.15, -0.1) is 0 Å². The molecule has 0 aromatic carbocycles. The van der Waals surface area contributed by atoms with E-state index in [0.717, 1.165) is 0 Å². The van der Waals surface area contributed by atoms with Gasteiger partial charge in [-0.05, 0) is 14.0 Å². The van der Waals surface area contributed by atoms with Gasteiger partial charge < -0.3 is 87.4 Å². The lowest BCUT2D eigenvalue weighted by Gasteiger charge is -2.53. The van der Waals surface area contributed by atoms with Gasteiger partial charge in [0.15, 0.2) is 30.4 Å². The highest BCUT2D eigenvalue weighted by atomic mass is 16.8. The lowest BCUT2D eigenvalue weighted by atomic mass is 9.76. The maximum Gasteiger partial charge on any atom is 0.251 e. The van der Waals surface area contributed by atoms with Crippen LogP contribution < -0.4 is 22.5 Å². The van der Waals surface area contributed by atoms with E-state index in [1.807, 2.05) is 0 Å². The van der Waals surface area contributed by atoms with Gasteiger partial charge in [-0.1, -0.05) is 0 Å². The molecule has 2 saturated heterocycles. The highest BCUT2D eigenvalue weighted by Gasteiger charge is 2.72. The Hall–Kier alpha value is -2.15. The van der Waals surface area contributed by atoms with Crippen molar-refractivity contribution < 1.29 is 69.7 Å². The number of nitrogens with zero attached hydrogens (tertiary/aromatic N) is 2. The van der Waals surface area contributed by atoms with E-state index in [1.165, 1.54) is 14.0 Å². The number of rotatable bonds is 9. The van der Waals surface area contributed by atoms with Crippen molar-refractivity contribution in [3.8, 4) is 0 Å². The first-order valence-corrected chi connectivity index (χ1v) is 12.4. The van der Waals surface area contributed by atoms with E-state index in [1.54, 1.807) is 0 Å². The van der Waals surface area contributed by atoms with Crippen LogP contribution in [0, 0.1) is 0 Å². The number of aldehydes is 1. The quantitative estimate of drug-likeness (QED) is 0.0506. The van der Waals surface area contributed by atoms with Gasteiger partial charge in [0.1, 0.15) is 48.8 Å². The number of hydrogen-bond donors (Lipinski definition) is 13. The van der Waals surface area contributed by atoms with Gasteiger partial charge in [-0.25, -0.2) is 4.99 Å². The van der Waals surface area contributed by atoms with Crippen LogP contribution in [0.4, 0.5) is 0 Å². The smallest absolute Gasteiger partial charge is 0.251 e. The number of carbonyl (C=O) groups excluding carboxylic acids is 1. The van der Waals surface area contributed by atoms with Crippen LogP contribution in [0.1, 0.15) is 6.92 Å². The van der Waals surface area contributed by atoms with Crippen molar-refractivity contribution in [2.75, 3.05) is 13.7 Å². The van der Waals surface area contributed by atoms with Gasteiger partial charge in [0.2, 0.25) is 5.72 Å². The molecule has 2 aliphatic heterocycles. The third-order valence-electron chi connectivity index (χ3n) is 7.57. The number of aliphatic hydroxyl groups excluding tert-OH is 6. The molecule has 0 aromatic rings. The van der Waals surface area contributed by atoms with Crippen molar-refractivity contribution in [1.82, 2.24) is 5.32 Å². The molecule has 236 valence electrons. The van der Waals surface area contributed by atoms with E-state index < -0.39 is 103 Å². The Labute approximate surface area is 232 Å². The number of hydrogen-bond acceptors (Lipinski definition) is 17. The highest BCUT2D eigenvalue weighted by molar-refractivity contribution is 5.76. The van der Waals surface area contributed by atoms with Gasteiger partial charge >= 0.3 is 0 Å². The van der Waals surface area contributed by atoms with Gasteiger partial charge in [0.25, 0.3) is 5.79 Å². The van der Waals surface area contributed by atoms with E-state index in [2.05, 4.69) is 15.3 Å². The number of nitrogens with two attached hydrogens (primary N) is 3. The second-order valence-electron chi connectivity index (χ2n) is 9.98. The zero-order chi connectivity index (χ0) is 31.1. The van der Waals surface area contributed by atoms with E-state index in [0.29, 0.717) is 6.34 Å². The fourth-order valence-electron chi connectivity index (χ4n) is 5.12. The summed E-state index contributed by atoms with van der Waals surface area (Å²) in [7, 11) is 1.35. The summed E-state index contributed by atoms with van der Waals surface area (Å²) in [4.78, 5) is 19.1. The molecule has 16 N–H and O–H groups in total. The molecule has 0 aromatic heterocycles. The highest BCUT2D eigenvalue weighted by Crippen LogP contribution is 2.45. The fourth-order valence-corrected chi connectivity index (χ4v) is 5.12. The van der Waals surface area contributed by atoms with Crippen LogP contribution in [0.15, 0.2) is 9.98 Å². The molecule has 0 unspecified atom stereocenters. The molecule has 1 saturated carbocycles. The number of carbonyl (C=O) groups is 1. The molecular weight excluding hydrogens is 560 g/mol. The molecule has 15 atom stereocenters. The SMILES string of the molecule is CN[C@@H]1[C@H](O[C@H]2[C@H](O[C@]3(O)[C@H](O)[C@@H](O)[C@@H](N=CN)[C@@H](O)[C@@]3(O)N=C(N)N)O[C@@H](C)[C@]2(O)C=O)O[C@@H](CO)[C@H](O)[C@H]1O. The molecule has 0 bridgehead atoms. The van der Waals surface area contributed by atoms with Crippen molar-refractivity contribution in [3.05, 3.63) is 0 Å². The maximum atomic E-state index is 12.1. The molecule has 3 fully saturated rings. The maximum absolute atomic E-state index is 12.1. The zero-order valence-corrected chi connectivity index (χ0v) is 22.0. The average molecular weight is 599 g/mol. The predicted molar refractivity (Wildman–Crippen MR) is 132 cm³/mol. The monoisotopic (exact) mass is 598 g/mol. The molecule has 1 aliphatic carbocycles. The van der Waals surface area contributed by atoms with Gasteiger partial charge in [-0.2, -0.15) is 0 Å². The zero-order valence-electron chi connectivity index (χ0n) is 22.0. The predicted octanol–water partition coefficient (Wildman–Crippen LogP) is -8.81. The van der Waals surface area contributed by atoms with Crippen LogP contribution in [-0.2, 0) is 23.7 Å². The number of likely N-dealkylation sites (N-methyl/N-ethyl adjacent to an activating group) is 1. The molecule has 3 aliphatic rings.